The van der Waals surface area contributed by atoms with E-state index in [0.717, 1.165) is 6.42 Å². The molecule has 0 aromatic carbocycles. The van der Waals surface area contributed by atoms with Gasteiger partial charge in [-0.1, -0.05) is 20.8 Å². The maximum absolute atomic E-state index is 11.4. The summed E-state index contributed by atoms with van der Waals surface area (Å²) in [6.45, 7) is 10.1. The molecule has 0 atom stereocenters. The van der Waals surface area contributed by atoms with Crippen LogP contribution in [0.1, 0.15) is 41.0 Å². The van der Waals surface area contributed by atoms with Gasteiger partial charge < -0.3 is 15.7 Å². The number of urea groups is 1. The van der Waals surface area contributed by atoms with Crippen LogP contribution in [0.4, 0.5) is 4.79 Å². The van der Waals surface area contributed by atoms with E-state index in [4.69, 9.17) is 5.11 Å². The first-order valence-corrected chi connectivity index (χ1v) is 5.80. The van der Waals surface area contributed by atoms with Crippen LogP contribution in [0.2, 0.25) is 0 Å². The summed E-state index contributed by atoms with van der Waals surface area (Å²) in [5, 5.41) is 14.1. The minimum Gasteiger partial charge on any atom is -0.481 e. The predicted molar refractivity (Wildman–Crippen MR) is 66.9 cm³/mol. The van der Waals surface area contributed by atoms with Gasteiger partial charge in [0.1, 0.15) is 0 Å². The number of rotatable bonds is 5. The second-order valence-corrected chi connectivity index (χ2v) is 6.11. The molecular formula is C12H24N2O3. The van der Waals surface area contributed by atoms with Crippen molar-refractivity contribution >= 4 is 12.0 Å². The molecule has 0 aliphatic rings. The van der Waals surface area contributed by atoms with E-state index in [9.17, 15) is 9.59 Å². The molecule has 0 saturated heterocycles. The standard InChI is InChI=1S/C12H24N2O3/c1-11(2,3)6-7-13-10(17)14-8-12(4,5)9(15)16/h6-8H2,1-5H3,(H,15,16)(H2,13,14,17). The summed E-state index contributed by atoms with van der Waals surface area (Å²) < 4.78 is 0. The lowest BCUT2D eigenvalue weighted by Gasteiger charge is -2.21. The van der Waals surface area contributed by atoms with Crippen molar-refractivity contribution < 1.29 is 14.7 Å². The first-order chi connectivity index (χ1) is 7.54. The molecule has 0 bridgehead atoms. The van der Waals surface area contributed by atoms with Crippen molar-refractivity contribution in [2.75, 3.05) is 13.1 Å². The molecule has 0 rings (SSSR count). The van der Waals surface area contributed by atoms with Crippen molar-refractivity contribution in [2.45, 2.75) is 41.0 Å². The monoisotopic (exact) mass is 244 g/mol. The molecule has 0 unspecified atom stereocenters. The van der Waals surface area contributed by atoms with E-state index in [1.807, 2.05) is 0 Å². The van der Waals surface area contributed by atoms with Crippen molar-refractivity contribution in [3.63, 3.8) is 0 Å². The molecule has 0 radical (unpaired) electrons. The number of amides is 2. The Balaban J connectivity index is 3.86. The van der Waals surface area contributed by atoms with Crippen molar-refractivity contribution in [3.05, 3.63) is 0 Å². The van der Waals surface area contributed by atoms with E-state index in [1.54, 1.807) is 13.8 Å². The van der Waals surface area contributed by atoms with Gasteiger partial charge in [-0.05, 0) is 25.7 Å². The van der Waals surface area contributed by atoms with Crippen LogP contribution in [-0.2, 0) is 4.79 Å². The minimum absolute atomic E-state index is 0.115. The number of hydrogen-bond acceptors (Lipinski definition) is 2. The van der Waals surface area contributed by atoms with Gasteiger partial charge in [-0.3, -0.25) is 4.79 Å². The van der Waals surface area contributed by atoms with Crippen LogP contribution in [0, 0.1) is 10.8 Å². The highest BCUT2D eigenvalue weighted by molar-refractivity contribution is 5.77. The zero-order valence-electron chi connectivity index (χ0n) is 11.4. The van der Waals surface area contributed by atoms with Crippen LogP contribution in [0.3, 0.4) is 0 Å². The lowest BCUT2D eigenvalue weighted by Crippen LogP contribution is -2.44. The van der Waals surface area contributed by atoms with E-state index in [0.29, 0.717) is 6.54 Å². The quantitative estimate of drug-likeness (QED) is 0.690. The van der Waals surface area contributed by atoms with Gasteiger partial charge in [0.2, 0.25) is 0 Å². The van der Waals surface area contributed by atoms with Gasteiger partial charge in [0.25, 0.3) is 0 Å². The molecule has 5 nitrogen and oxygen atoms in total. The summed E-state index contributed by atoms with van der Waals surface area (Å²) in [5.74, 6) is -0.924. The van der Waals surface area contributed by atoms with Gasteiger partial charge in [0, 0.05) is 13.1 Å². The number of aliphatic carboxylic acids is 1. The minimum atomic E-state index is -0.943. The number of carbonyl (C=O) groups excluding carboxylic acids is 1. The highest BCUT2D eigenvalue weighted by Gasteiger charge is 2.27. The van der Waals surface area contributed by atoms with E-state index in [1.165, 1.54) is 0 Å². The van der Waals surface area contributed by atoms with Gasteiger partial charge in [-0.15, -0.1) is 0 Å². The van der Waals surface area contributed by atoms with Gasteiger partial charge >= 0.3 is 12.0 Å². The Kier molecular flexibility index (Phi) is 5.45. The number of hydrogen-bond donors (Lipinski definition) is 3. The molecule has 0 heterocycles. The van der Waals surface area contributed by atoms with Crippen molar-refractivity contribution in [2.24, 2.45) is 10.8 Å². The third-order valence-corrected chi connectivity index (χ3v) is 2.43. The van der Waals surface area contributed by atoms with E-state index < -0.39 is 11.4 Å². The average Bonchev–Trinajstić information content (AvgIpc) is 2.12. The summed E-state index contributed by atoms with van der Waals surface area (Å²) in [4.78, 5) is 22.2. The number of carboxylic acids is 1. The molecule has 17 heavy (non-hydrogen) atoms. The van der Waals surface area contributed by atoms with Crippen molar-refractivity contribution in [3.8, 4) is 0 Å². The normalized spacial score (nSPS) is 12.1. The summed E-state index contributed by atoms with van der Waals surface area (Å²) in [6.07, 6.45) is 0.878. The fourth-order valence-corrected chi connectivity index (χ4v) is 0.990. The molecule has 0 aliphatic heterocycles. The Morgan fingerprint density at radius 1 is 1.06 bits per heavy atom. The van der Waals surface area contributed by atoms with E-state index in [-0.39, 0.29) is 18.0 Å². The second kappa shape index (κ2) is 5.89. The fraction of sp³-hybridized carbons (Fsp3) is 0.833. The van der Waals surface area contributed by atoms with Crippen LogP contribution < -0.4 is 10.6 Å². The summed E-state index contributed by atoms with van der Waals surface area (Å²) >= 11 is 0. The average molecular weight is 244 g/mol. The Morgan fingerprint density at radius 3 is 2.00 bits per heavy atom. The lowest BCUT2D eigenvalue weighted by molar-refractivity contribution is -0.146. The van der Waals surface area contributed by atoms with Crippen molar-refractivity contribution in [1.29, 1.82) is 0 Å². The molecule has 0 aliphatic carbocycles. The molecule has 3 N–H and O–H groups in total. The van der Waals surface area contributed by atoms with E-state index >= 15 is 0 Å². The Morgan fingerprint density at radius 2 is 1.59 bits per heavy atom. The Bertz CT molecular complexity index is 280. The summed E-state index contributed by atoms with van der Waals surface area (Å²) in [5.41, 5.74) is -0.769. The van der Waals surface area contributed by atoms with Crippen LogP contribution >= 0.6 is 0 Å². The zero-order chi connectivity index (χ0) is 13.7. The smallest absolute Gasteiger partial charge is 0.314 e. The first-order valence-electron chi connectivity index (χ1n) is 5.80. The molecule has 5 heteroatoms. The molecular weight excluding hydrogens is 220 g/mol. The first kappa shape index (κ1) is 15.7. The summed E-state index contributed by atoms with van der Waals surface area (Å²) in [7, 11) is 0. The lowest BCUT2D eigenvalue weighted by atomic mass is 9.92. The molecule has 100 valence electrons. The molecule has 0 spiro atoms. The Labute approximate surface area is 103 Å². The van der Waals surface area contributed by atoms with Crippen LogP contribution in [0.15, 0.2) is 0 Å². The third kappa shape index (κ3) is 7.60. The zero-order valence-corrected chi connectivity index (χ0v) is 11.4. The second-order valence-electron chi connectivity index (χ2n) is 6.11. The van der Waals surface area contributed by atoms with Crippen molar-refractivity contribution in [1.82, 2.24) is 10.6 Å². The number of carbonyl (C=O) groups is 2. The molecule has 0 fully saturated rings. The molecule has 0 saturated carbocycles. The SMILES string of the molecule is CC(C)(C)CCNC(=O)NCC(C)(C)C(=O)O. The Hall–Kier alpha value is -1.26. The third-order valence-electron chi connectivity index (χ3n) is 2.43. The molecule has 0 aromatic heterocycles. The number of nitrogens with one attached hydrogen (secondary N) is 2. The molecule has 0 aromatic rings. The van der Waals surface area contributed by atoms with Gasteiger partial charge in [-0.2, -0.15) is 0 Å². The summed E-state index contributed by atoms with van der Waals surface area (Å²) in [6, 6.07) is -0.316. The number of carboxylic acid groups (broad SMARTS) is 1. The topological polar surface area (TPSA) is 78.4 Å². The van der Waals surface area contributed by atoms with E-state index in [2.05, 4.69) is 31.4 Å². The van der Waals surface area contributed by atoms with Gasteiger partial charge in [0.15, 0.2) is 0 Å². The fourth-order valence-electron chi connectivity index (χ4n) is 0.990. The predicted octanol–water partition coefficient (Wildman–Crippen LogP) is 1.83. The van der Waals surface area contributed by atoms with Crippen LogP contribution in [-0.4, -0.2) is 30.2 Å². The van der Waals surface area contributed by atoms with Gasteiger partial charge in [0.05, 0.1) is 5.41 Å². The highest BCUT2D eigenvalue weighted by atomic mass is 16.4. The van der Waals surface area contributed by atoms with Crippen LogP contribution in [0.5, 0.6) is 0 Å². The molecule has 2 amide bonds. The van der Waals surface area contributed by atoms with Crippen LogP contribution in [0.25, 0.3) is 0 Å². The largest absolute Gasteiger partial charge is 0.481 e. The maximum atomic E-state index is 11.4. The van der Waals surface area contributed by atoms with Gasteiger partial charge in [-0.25, -0.2) is 4.79 Å². The highest BCUT2D eigenvalue weighted by Crippen LogP contribution is 2.17. The maximum Gasteiger partial charge on any atom is 0.314 e.